The van der Waals surface area contributed by atoms with Crippen LogP contribution in [-0.4, -0.2) is 12.3 Å². The fraction of sp³-hybridized carbons (Fsp3) is 1.00. The Morgan fingerprint density at radius 3 is 1.52 bits per heavy atom. The number of hydrogen-bond acceptors (Lipinski definition) is 0. The molecule has 0 amide bonds. The Labute approximate surface area is 129 Å². The van der Waals surface area contributed by atoms with Crippen LogP contribution in [0, 0.1) is 29.6 Å². The molecule has 0 bridgehead atoms. The van der Waals surface area contributed by atoms with Crippen LogP contribution < -0.4 is 0 Å². The average Bonchev–Trinajstić information content (AvgIpc) is 2.51. The first-order valence-electron chi connectivity index (χ1n) is 9.41. The van der Waals surface area contributed by atoms with E-state index in [4.69, 9.17) is 0 Å². The molecule has 0 N–H and O–H groups in total. The first-order valence-corrected chi connectivity index (χ1v) is 9.41. The van der Waals surface area contributed by atoms with Gasteiger partial charge in [0.1, 0.15) is 12.3 Å². The van der Waals surface area contributed by atoms with Crippen molar-refractivity contribution in [1.29, 1.82) is 0 Å². The van der Waals surface area contributed by atoms with Gasteiger partial charge in [-0.05, 0) is 100 Å². The van der Waals surface area contributed by atoms with E-state index in [1.54, 1.807) is 0 Å². The standard InChI is InChI=1S/C19H32F2/c1-13-2-3-17(12-19(13)21)16-6-4-14(5-7-16)15-8-10-18(20)11-9-15/h13-19H,2-12H2,1H3. The van der Waals surface area contributed by atoms with E-state index >= 15 is 0 Å². The van der Waals surface area contributed by atoms with Crippen LogP contribution in [0.1, 0.15) is 77.6 Å². The highest BCUT2D eigenvalue weighted by Gasteiger charge is 2.36. The number of hydrogen-bond donors (Lipinski definition) is 0. The molecule has 3 atom stereocenters. The number of alkyl halides is 2. The third kappa shape index (κ3) is 3.79. The summed E-state index contributed by atoms with van der Waals surface area (Å²) in [4.78, 5) is 0. The van der Waals surface area contributed by atoms with Gasteiger partial charge in [-0.15, -0.1) is 0 Å². The van der Waals surface area contributed by atoms with Crippen LogP contribution in [0.25, 0.3) is 0 Å². The van der Waals surface area contributed by atoms with E-state index in [0.717, 1.165) is 56.3 Å². The molecule has 122 valence electrons. The molecule has 3 unspecified atom stereocenters. The first kappa shape index (κ1) is 15.7. The lowest BCUT2D eigenvalue weighted by molar-refractivity contribution is 0.0673. The monoisotopic (exact) mass is 298 g/mol. The Morgan fingerprint density at radius 1 is 0.571 bits per heavy atom. The normalized spacial score (nSPS) is 49.0. The highest BCUT2D eigenvalue weighted by molar-refractivity contribution is 4.87. The van der Waals surface area contributed by atoms with E-state index in [9.17, 15) is 8.78 Å². The van der Waals surface area contributed by atoms with Crippen LogP contribution in [-0.2, 0) is 0 Å². The second-order valence-corrected chi connectivity index (χ2v) is 8.25. The Morgan fingerprint density at radius 2 is 1.00 bits per heavy atom. The Balaban J connectivity index is 1.45. The Hall–Kier alpha value is -0.140. The van der Waals surface area contributed by atoms with Crippen LogP contribution in [0.3, 0.4) is 0 Å². The zero-order valence-corrected chi connectivity index (χ0v) is 13.6. The van der Waals surface area contributed by atoms with Crippen molar-refractivity contribution in [2.45, 2.75) is 89.9 Å². The lowest BCUT2D eigenvalue weighted by Crippen LogP contribution is -2.32. The van der Waals surface area contributed by atoms with E-state index in [1.807, 2.05) is 0 Å². The smallest absolute Gasteiger partial charge is 0.103 e. The molecule has 0 aromatic heterocycles. The van der Waals surface area contributed by atoms with Gasteiger partial charge in [-0.3, -0.25) is 0 Å². The maximum absolute atomic E-state index is 14.0. The second-order valence-electron chi connectivity index (χ2n) is 8.25. The van der Waals surface area contributed by atoms with E-state index in [2.05, 4.69) is 6.92 Å². The summed E-state index contributed by atoms with van der Waals surface area (Å²) in [6.07, 6.45) is 11.2. The summed E-state index contributed by atoms with van der Waals surface area (Å²) in [6.45, 7) is 2.07. The molecule has 0 heterocycles. The molecule has 21 heavy (non-hydrogen) atoms. The molecule has 0 radical (unpaired) electrons. The minimum absolute atomic E-state index is 0.286. The maximum atomic E-state index is 14.0. The van der Waals surface area contributed by atoms with Crippen LogP contribution in [0.4, 0.5) is 8.78 Å². The van der Waals surface area contributed by atoms with E-state index in [1.165, 1.54) is 32.1 Å². The van der Waals surface area contributed by atoms with Gasteiger partial charge >= 0.3 is 0 Å². The van der Waals surface area contributed by atoms with Crippen LogP contribution in [0.5, 0.6) is 0 Å². The topological polar surface area (TPSA) is 0 Å². The summed E-state index contributed by atoms with van der Waals surface area (Å²) >= 11 is 0. The van der Waals surface area contributed by atoms with Crippen molar-refractivity contribution in [2.24, 2.45) is 29.6 Å². The van der Waals surface area contributed by atoms with Crippen LogP contribution in [0.15, 0.2) is 0 Å². The number of halogens is 2. The number of rotatable bonds is 2. The molecule has 2 heteroatoms. The van der Waals surface area contributed by atoms with Gasteiger partial charge in [0.05, 0.1) is 0 Å². The summed E-state index contributed by atoms with van der Waals surface area (Å²) in [5, 5.41) is 0. The predicted octanol–water partition coefficient (Wildman–Crippen LogP) is 6.10. The summed E-state index contributed by atoms with van der Waals surface area (Å²) in [6, 6.07) is 0. The molecule has 0 spiro atoms. The Bertz CT molecular complexity index is 314. The SMILES string of the molecule is CC1CCC(C2CCC(C3CCC(F)CC3)CC2)CC1F. The molecule has 3 fully saturated rings. The van der Waals surface area contributed by atoms with Gasteiger partial charge in [-0.1, -0.05) is 6.92 Å². The molecule has 0 aromatic carbocycles. The molecular formula is C19H32F2. The van der Waals surface area contributed by atoms with Gasteiger partial charge in [0, 0.05) is 0 Å². The third-order valence-electron chi connectivity index (χ3n) is 6.99. The van der Waals surface area contributed by atoms with Crippen molar-refractivity contribution in [1.82, 2.24) is 0 Å². The fourth-order valence-electron chi connectivity index (χ4n) is 5.36. The minimum atomic E-state index is -0.554. The molecule has 3 rings (SSSR count). The molecule has 3 aliphatic rings. The van der Waals surface area contributed by atoms with Crippen LogP contribution in [0.2, 0.25) is 0 Å². The van der Waals surface area contributed by atoms with Gasteiger partial charge < -0.3 is 0 Å². The summed E-state index contributed by atoms with van der Waals surface area (Å²) in [7, 11) is 0. The second kappa shape index (κ2) is 6.96. The van der Waals surface area contributed by atoms with Crippen LogP contribution >= 0.6 is 0 Å². The Kier molecular flexibility index (Phi) is 5.22. The molecule has 0 aromatic rings. The largest absolute Gasteiger partial charge is 0.247 e. The first-order chi connectivity index (χ1) is 10.1. The van der Waals surface area contributed by atoms with Gasteiger partial charge in [-0.2, -0.15) is 0 Å². The van der Waals surface area contributed by atoms with Gasteiger partial charge in [0.25, 0.3) is 0 Å². The van der Waals surface area contributed by atoms with Gasteiger partial charge in [0.2, 0.25) is 0 Å². The lowest BCUT2D eigenvalue weighted by Gasteiger charge is -2.41. The molecule has 0 aliphatic heterocycles. The highest BCUT2D eigenvalue weighted by atomic mass is 19.1. The van der Waals surface area contributed by atoms with Gasteiger partial charge in [-0.25, -0.2) is 8.78 Å². The van der Waals surface area contributed by atoms with E-state index in [0.29, 0.717) is 5.92 Å². The molecule has 0 nitrogen and oxygen atoms in total. The lowest BCUT2D eigenvalue weighted by atomic mass is 9.65. The summed E-state index contributed by atoms with van der Waals surface area (Å²) in [5.74, 6) is 3.35. The summed E-state index contributed by atoms with van der Waals surface area (Å²) < 4.78 is 27.2. The van der Waals surface area contributed by atoms with Crippen molar-refractivity contribution in [3.63, 3.8) is 0 Å². The molecular weight excluding hydrogens is 266 g/mol. The van der Waals surface area contributed by atoms with Crippen molar-refractivity contribution in [3.8, 4) is 0 Å². The van der Waals surface area contributed by atoms with E-state index < -0.39 is 12.3 Å². The zero-order valence-electron chi connectivity index (χ0n) is 13.6. The van der Waals surface area contributed by atoms with Crippen molar-refractivity contribution in [3.05, 3.63) is 0 Å². The predicted molar refractivity (Wildman–Crippen MR) is 83.7 cm³/mol. The molecule has 3 aliphatic carbocycles. The van der Waals surface area contributed by atoms with Gasteiger partial charge in [0.15, 0.2) is 0 Å². The average molecular weight is 298 g/mol. The fourth-order valence-corrected chi connectivity index (χ4v) is 5.36. The molecule has 3 saturated carbocycles. The van der Waals surface area contributed by atoms with Crippen molar-refractivity contribution < 1.29 is 8.78 Å². The summed E-state index contributed by atoms with van der Waals surface area (Å²) in [5.41, 5.74) is 0. The van der Waals surface area contributed by atoms with Crippen molar-refractivity contribution >= 4 is 0 Å². The third-order valence-corrected chi connectivity index (χ3v) is 6.99. The van der Waals surface area contributed by atoms with Crippen molar-refractivity contribution in [2.75, 3.05) is 0 Å². The quantitative estimate of drug-likeness (QED) is 0.578. The van der Waals surface area contributed by atoms with E-state index in [-0.39, 0.29) is 5.92 Å². The highest BCUT2D eigenvalue weighted by Crippen LogP contribution is 2.45. The molecule has 0 saturated heterocycles. The minimum Gasteiger partial charge on any atom is -0.247 e. The maximum Gasteiger partial charge on any atom is 0.103 e. The zero-order chi connectivity index (χ0) is 14.8.